The van der Waals surface area contributed by atoms with Crippen LogP contribution in [-0.2, 0) is 0 Å². The molecule has 0 atom stereocenters. The molecule has 0 spiro atoms. The van der Waals surface area contributed by atoms with Crippen LogP contribution in [0.4, 0.5) is 0 Å². The van der Waals surface area contributed by atoms with Crippen LogP contribution in [-0.4, -0.2) is 46.5 Å². The van der Waals surface area contributed by atoms with Crippen molar-refractivity contribution in [1.29, 1.82) is 0 Å². The molecule has 0 aromatic heterocycles. The summed E-state index contributed by atoms with van der Waals surface area (Å²) >= 11 is 5.07. The van der Waals surface area contributed by atoms with Gasteiger partial charge in [0.25, 0.3) is 0 Å². The minimum absolute atomic E-state index is 0. The summed E-state index contributed by atoms with van der Waals surface area (Å²) in [5.74, 6) is 0.556. The van der Waals surface area contributed by atoms with E-state index in [-0.39, 0.29) is 53.0 Å². The first kappa shape index (κ1) is 101. The first-order valence-corrected chi connectivity index (χ1v) is 5.89. The Hall–Kier alpha value is -1.25. The minimum atomic E-state index is -0.167. The molecule has 0 fully saturated rings. The number of allylic oxidation sites excluding steroid dienone is 1. The predicted molar refractivity (Wildman–Crippen MR) is 123 cm³/mol. The standard InChI is InChI=1S/C3H5Cl.C3H5O.6C2H4.ClH.Mg.O2.2H2O/c2*1-2-3-4;6*1-2;;;1-2;;/h2*2H,1,3H2;6*1-2H2;1H;;;2*1H2/q;-1;;;;;;;;+2;;;/p-1. The molecular weight excluding hydrogens is 391 g/mol. The summed E-state index contributed by atoms with van der Waals surface area (Å²) in [5, 5.41) is 9.18. The van der Waals surface area contributed by atoms with E-state index in [0.717, 1.165) is 0 Å². The van der Waals surface area contributed by atoms with Gasteiger partial charge in [-0.3, -0.25) is 0 Å². The average Bonchev–Trinajstić information content (AvgIpc) is 2.72. The van der Waals surface area contributed by atoms with Crippen LogP contribution in [0.3, 0.4) is 0 Å². The van der Waals surface area contributed by atoms with Crippen LogP contribution in [0.2, 0.25) is 0 Å². The molecule has 0 aliphatic carbocycles. The maximum absolute atomic E-state index is 9.18. The number of halogens is 2. The number of alkyl halides is 1. The molecule has 0 aliphatic rings. The van der Waals surface area contributed by atoms with E-state index >= 15 is 0 Å². The van der Waals surface area contributed by atoms with Crippen LogP contribution in [0.5, 0.6) is 0 Å². The molecule has 0 aromatic rings. The van der Waals surface area contributed by atoms with Crippen molar-refractivity contribution in [2.45, 2.75) is 0 Å². The fraction of sp³-hybridized carbons (Fsp3) is 0.111. The van der Waals surface area contributed by atoms with E-state index in [2.05, 4.69) is 92.1 Å². The van der Waals surface area contributed by atoms with Gasteiger partial charge in [0, 0.05) is 15.8 Å². The van der Waals surface area contributed by atoms with Crippen molar-refractivity contribution < 1.29 is 28.5 Å². The zero-order chi connectivity index (χ0) is 20.8. The number of hydrogen-bond donors (Lipinski definition) is 0. The van der Waals surface area contributed by atoms with Gasteiger partial charge in [-0.15, -0.1) is 116 Å². The van der Waals surface area contributed by atoms with Gasteiger partial charge in [0.1, 0.15) is 0 Å². The van der Waals surface area contributed by atoms with E-state index in [1.165, 1.54) is 6.08 Å². The molecule has 0 aromatic carbocycles. The van der Waals surface area contributed by atoms with Crippen LogP contribution in [0.25, 0.3) is 0 Å². The van der Waals surface area contributed by atoms with Gasteiger partial charge in [0.05, 0.1) is 0 Å². The molecule has 156 valence electrons. The van der Waals surface area contributed by atoms with Crippen molar-refractivity contribution in [2.75, 3.05) is 12.5 Å². The van der Waals surface area contributed by atoms with Crippen molar-refractivity contribution in [2.24, 2.45) is 0 Å². The first-order chi connectivity index (χ1) is 10.8. The fourth-order valence-electron chi connectivity index (χ4n) is 0. The summed E-state index contributed by atoms with van der Waals surface area (Å²) in [4.78, 5) is 14.0. The van der Waals surface area contributed by atoms with Crippen molar-refractivity contribution >= 4 is 34.7 Å². The van der Waals surface area contributed by atoms with Crippen molar-refractivity contribution in [1.82, 2.24) is 0 Å². The van der Waals surface area contributed by atoms with Gasteiger partial charge in [-0.05, 0) is 0 Å². The Labute approximate surface area is 189 Å². The van der Waals surface area contributed by atoms with E-state index in [0.29, 0.717) is 5.88 Å². The molecule has 4 N–H and O–H groups in total. The average molecular weight is 430 g/mol. The van der Waals surface area contributed by atoms with Crippen LogP contribution in [0.1, 0.15) is 0 Å². The summed E-state index contributed by atoms with van der Waals surface area (Å²) in [5.41, 5.74) is 0. The van der Waals surface area contributed by atoms with Crippen molar-refractivity contribution in [3.63, 3.8) is 0 Å². The molecule has 0 bridgehead atoms. The van der Waals surface area contributed by atoms with E-state index in [1.807, 2.05) is 0 Å². The molecule has 0 aliphatic heterocycles. The summed E-state index contributed by atoms with van der Waals surface area (Å²) in [6, 6.07) is 0. The molecule has 0 heterocycles. The molecule has 26 heavy (non-hydrogen) atoms. The molecule has 8 heteroatoms. The third-order valence-electron chi connectivity index (χ3n) is 0.227. The van der Waals surface area contributed by atoms with Crippen LogP contribution in [0.15, 0.2) is 104 Å². The SMILES string of the molecule is C=C.C=C.C=C.C=C.C=C.C=C.C=CCCl.C=CC[O-].O.O.O=O.[Cl-].[Mg+2]. The van der Waals surface area contributed by atoms with Gasteiger partial charge in [-0.2, -0.15) is 0 Å². The molecule has 0 radical (unpaired) electrons. The second-order valence-electron chi connectivity index (χ2n) is 0.898. The van der Waals surface area contributed by atoms with Crippen LogP contribution < -0.4 is 17.5 Å². The summed E-state index contributed by atoms with van der Waals surface area (Å²) in [6.07, 6.45) is 2.96. The maximum Gasteiger partial charge on any atom is 2.00 e. The second kappa shape index (κ2) is 1630. The summed E-state index contributed by atoms with van der Waals surface area (Å²) in [7, 11) is 0. The molecule has 5 nitrogen and oxygen atoms in total. The van der Waals surface area contributed by atoms with Crippen LogP contribution >= 0.6 is 11.6 Å². The Morgan fingerprint density at radius 2 is 0.731 bits per heavy atom. The monoisotopic (exact) mass is 428 g/mol. The Kier molecular flexibility index (Phi) is 6340. The maximum atomic E-state index is 9.18. The topological polar surface area (TPSA) is 120 Å². The van der Waals surface area contributed by atoms with E-state index in [1.54, 1.807) is 6.08 Å². The van der Waals surface area contributed by atoms with Gasteiger partial charge < -0.3 is 28.5 Å². The van der Waals surface area contributed by atoms with Gasteiger partial charge >= 0.3 is 23.1 Å². The summed E-state index contributed by atoms with van der Waals surface area (Å²) in [6.45, 7) is 42.3. The van der Waals surface area contributed by atoms with Crippen molar-refractivity contribution in [3.05, 3.63) is 114 Å². The van der Waals surface area contributed by atoms with Crippen LogP contribution in [0, 0.1) is 9.93 Å². The zero-order valence-electron chi connectivity index (χ0n) is 16.2. The third kappa shape index (κ3) is 19300. The van der Waals surface area contributed by atoms with E-state index in [4.69, 9.17) is 21.5 Å². The molecule has 0 unspecified atom stereocenters. The number of rotatable bonds is 2. The van der Waals surface area contributed by atoms with Gasteiger partial charge in [-0.1, -0.05) is 6.08 Å². The van der Waals surface area contributed by atoms with E-state index < -0.39 is 0 Å². The fourth-order valence-corrected chi connectivity index (χ4v) is 0. The number of hydrogen-bond acceptors (Lipinski definition) is 3. The van der Waals surface area contributed by atoms with Crippen molar-refractivity contribution in [3.8, 4) is 0 Å². The first-order valence-electron chi connectivity index (χ1n) is 5.36. The Morgan fingerprint density at radius 3 is 0.731 bits per heavy atom. The Bertz CT molecular complexity index is 119. The smallest absolute Gasteiger partial charge is 1.00 e. The van der Waals surface area contributed by atoms with E-state index in [9.17, 15) is 5.11 Å². The third-order valence-corrected chi connectivity index (χ3v) is 0.445. The second-order valence-corrected chi connectivity index (χ2v) is 1.21. The molecule has 0 saturated carbocycles. The molecule has 0 saturated heterocycles. The Balaban J connectivity index is -0.00000000667. The van der Waals surface area contributed by atoms with Gasteiger partial charge in [0.2, 0.25) is 0 Å². The molecule has 0 amide bonds. The minimum Gasteiger partial charge on any atom is -1.00 e. The normalized spacial score (nSPS) is 3.00. The van der Waals surface area contributed by atoms with Gasteiger partial charge in [0.15, 0.2) is 0 Å². The van der Waals surface area contributed by atoms with Gasteiger partial charge in [-0.25, -0.2) is 0 Å². The molecule has 0 rings (SSSR count). The quantitative estimate of drug-likeness (QED) is 0.366. The largest absolute Gasteiger partial charge is 2.00 e. The predicted octanol–water partition coefficient (Wildman–Crippen LogP) is 0.798. The Morgan fingerprint density at radius 1 is 0.654 bits per heavy atom. The summed E-state index contributed by atoms with van der Waals surface area (Å²) < 4.78 is 0. The zero-order valence-corrected chi connectivity index (χ0v) is 19.1. The molecular formula is C18H38Cl2MgO5.